The summed E-state index contributed by atoms with van der Waals surface area (Å²) in [4.78, 5) is 11.8. The zero-order valence-corrected chi connectivity index (χ0v) is 15.4. The lowest BCUT2D eigenvalue weighted by molar-refractivity contribution is 0.0526. The Balaban J connectivity index is 0.00000288. The first kappa shape index (κ1) is 20.9. The molecular weight excluding hydrogens is 352 g/mol. The Kier molecular flexibility index (Phi) is 8.15. The lowest BCUT2D eigenvalue weighted by Crippen LogP contribution is -2.40. The minimum atomic E-state index is -3.53. The molecule has 1 saturated heterocycles. The fraction of sp³-hybridized carbons (Fsp3) is 0.562. The van der Waals surface area contributed by atoms with Crippen molar-refractivity contribution in [2.45, 2.75) is 31.1 Å². The van der Waals surface area contributed by atoms with Crippen molar-refractivity contribution in [2.75, 3.05) is 26.2 Å². The number of ether oxygens (including phenoxy) is 1. The van der Waals surface area contributed by atoms with Gasteiger partial charge in [-0.2, -0.15) is 4.31 Å². The number of nitrogens with two attached hydrogens (primary N) is 1. The summed E-state index contributed by atoms with van der Waals surface area (Å²) in [5.41, 5.74) is 5.94. The molecule has 0 spiro atoms. The number of nitrogens with zero attached hydrogens (tertiary/aromatic N) is 1. The van der Waals surface area contributed by atoms with Crippen LogP contribution in [0.25, 0.3) is 0 Å². The Labute approximate surface area is 149 Å². The molecule has 6 nitrogen and oxygen atoms in total. The molecule has 0 bridgehead atoms. The van der Waals surface area contributed by atoms with Crippen molar-refractivity contribution < 1.29 is 17.9 Å². The zero-order chi connectivity index (χ0) is 16.9. The molecule has 1 aromatic rings. The number of piperidine rings is 1. The van der Waals surface area contributed by atoms with E-state index in [-0.39, 0.29) is 23.9 Å². The Hall–Kier alpha value is -1.15. The summed E-state index contributed by atoms with van der Waals surface area (Å²) >= 11 is 0. The minimum absolute atomic E-state index is 0. The maximum absolute atomic E-state index is 12.7. The second kappa shape index (κ2) is 9.36. The van der Waals surface area contributed by atoms with E-state index < -0.39 is 16.0 Å². The first-order chi connectivity index (χ1) is 11.0. The van der Waals surface area contributed by atoms with Gasteiger partial charge in [-0.3, -0.25) is 0 Å². The van der Waals surface area contributed by atoms with E-state index in [1.54, 1.807) is 6.92 Å². The van der Waals surface area contributed by atoms with Gasteiger partial charge in [0.1, 0.15) is 0 Å². The van der Waals surface area contributed by atoms with Gasteiger partial charge in [0.2, 0.25) is 10.0 Å². The van der Waals surface area contributed by atoms with Gasteiger partial charge in [0.25, 0.3) is 0 Å². The van der Waals surface area contributed by atoms with Crippen LogP contribution >= 0.6 is 12.4 Å². The lowest BCUT2D eigenvalue weighted by atomic mass is 9.96. The van der Waals surface area contributed by atoms with Crippen LogP contribution in [0.15, 0.2) is 29.2 Å². The fourth-order valence-electron chi connectivity index (χ4n) is 2.84. The number of hydrogen-bond donors (Lipinski definition) is 1. The van der Waals surface area contributed by atoms with Crippen LogP contribution in [0.2, 0.25) is 0 Å². The van der Waals surface area contributed by atoms with Gasteiger partial charge in [-0.05, 0) is 62.9 Å². The van der Waals surface area contributed by atoms with Crippen molar-refractivity contribution in [1.82, 2.24) is 4.31 Å². The van der Waals surface area contributed by atoms with Crippen LogP contribution < -0.4 is 5.73 Å². The number of benzene rings is 1. The number of sulfonamides is 1. The molecule has 0 amide bonds. The number of halogens is 1. The summed E-state index contributed by atoms with van der Waals surface area (Å²) in [6, 6.07) is 5.92. The van der Waals surface area contributed by atoms with E-state index in [4.69, 9.17) is 10.5 Å². The topological polar surface area (TPSA) is 89.7 Å². The fourth-order valence-corrected chi connectivity index (χ4v) is 4.40. The quantitative estimate of drug-likeness (QED) is 0.767. The summed E-state index contributed by atoms with van der Waals surface area (Å²) in [6.45, 7) is 3.63. The van der Waals surface area contributed by atoms with Gasteiger partial charge < -0.3 is 10.5 Å². The average molecular weight is 377 g/mol. The van der Waals surface area contributed by atoms with Crippen LogP contribution in [0.4, 0.5) is 0 Å². The number of carbonyl (C=O) groups is 1. The highest BCUT2D eigenvalue weighted by atomic mass is 35.5. The van der Waals surface area contributed by atoms with E-state index >= 15 is 0 Å². The predicted octanol–water partition coefficient (Wildman–Crippen LogP) is 2.03. The molecule has 8 heteroatoms. The van der Waals surface area contributed by atoms with Crippen molar-refractivity contribution in [1.29, 1.82) is 0 Å². The second-order valence-corrected chi connectivity index (χ2v) is 7.63. The van der Waals surface area contributed by atoms with Gasteiger partial charge in [0, 0.05) is 13.1 Å². The summed E-state index contributed by atoms with van der Waals surface area (Å²) < 4.78 is 31.9. The van der Waals surface area contributed by atoms with Crippen LogP contribution in [0, 0.1) is 5.92 Å². The lowest BCUT2D eigenvalue weighted by Gasteiger charge is -2.31. The summed E-state index contributed by atoms with van der Waals surface area (Å²) in [5.74, 6) is -0.125. The molecule has 0 saturated carbocycles. The Bertz CT molecular complexity index is 632. The van der Waals surface area contributed by atoms with E-state index in [1.165, 1.54) is 28.6 Å². The summed E-state index contributed by atoms with van der Waals surface area (Å²) in [5, 5.41) is 0. The molecule has 2 rings (SSSR count). The molecule has 1 heterocycles. The normalized spacial score (nSPS) is 18.7. The third-order valence-corrected chi connectivity index (χ3v) is 5.94. The molecule has 1 aromatic carbocycles. The largest absolute Gasteiger partial charge is 0.462 e. The maximum atomic E-state index is 12.7. The van der Waals surface area contributed by atoms with Gasteiger partial charge in [-0.25, -0.2) is 13.2 Å². The second-order valence-electron chi connectivity index (χ2n) is 5.69. The molecule has 1 fully saturated rings. The number of hydrogen-bond acceptors (Lipinski definition) is 5. The van der Waals surface area contributed by atoms with E-state index in [0.29, 0.717) is 31.1 Å². The van der Waals surface area contributed by atoms with Crippen molar-refractivity contribution in [3.63, 3.8) is 0 Å². The Morgan fingerprint density at radius 2 is 2.00 bits per heavy atom. The molecule has 0 aliphatic carbocycles. The minimum Gasteiger partial charge on any atom is -0.462 e. The van der Waals surface area contributed by atoms with Crippen LogP contribution in [-0.4, -0.2) is 44.9 Å². The van der Waals surface area contributed by atoms with Crippen LogP contribution in [0.5, 0.6) is 0 Å². The molecule has 1 unspecified atom stereocenters. The number of rotatable bonds is 6. The van der Waals surface area contributed by atoms with Gasteiger partial charge >= 0.3 is 5.97 Å². The SMILES string of the molecule is CCOC(=O)c1ccc(S(=O)(=O)N2CCCC(CCN)C2)cc1.Cl. The van der Waals surface area contributed by atoms with Crippen molar-refractivity contribution in [3.8, 4) is 0 Å². The summed E-state index contributed by atoms with van der Waals surface area (Å²) in [7, 11) is -3.53. The van der Waals surface area contributed by atoms with E-state index in [0.717, 1.165) is 19.3 Å². The molecule has 1 atom stereocenters. The standard InChI is InChI=1S/C16H24N2O4S.ClH/c1-2-22-16(19)14-5-7-15(8-6-14)23(20,21)18-11-3-4-13(12-18)9-10-17;/h5-8,13H,2-4,9-12,17H2,1H3;1H. The van der Waals surface area contributed by atoms with Crippen molar-refractivity contribution >= 4 is 28.4 Å². The molecule has 0 radical (unpaired) electrons. The summed E-state index contributed by atoms with van der Waals surface area (Å²) in [6.07, 6.45) is 2.71. The molecule has 2 N–H and O–H groups in total. The Morgan fingerprint density at radius 1 is 1.33 bits per heavy atom. The van der Waals surface area contributed by atoms with Crippen LogP contribution in [0.3, 0.4) is 0 Å². The van der Waals surface area contributed by atoms with Crippen LogP contribution in [-0.2, 0) is 14.8 Å². The third-order valence-electron chi connectivity index (χ3n) is 4.06. The molecule has 1 aliphatic heterocycles. The van der Waals surface area contributed by atoms with E-state index in [9.17, 15) is 13.2 Å². The van der Waals surface area contributed by atoms with Gasteiger partial charge in [0.15, 0.2) is 0 Å². The Morgan fingerprint density at radius 3 is 2.58 bits per heavy atom. The maximum Gasteiger partial charge on any atom is 0.338 e. The van der Waals surface area contributed by atoms with Crippen molar-refractivity contribution in [2.24, 2.45) is 11.7 Å². The van der Waals surface area contributed by atoms with Gasteiger partial charge in [0.05, 0.1) is 17.1 Å². The molecule has 0 aromatic heterocycles. The zero-order valence-electron chi connectivity index (χ0n) is 13.8. The highest BCUT2D eigenvalue weighted by Gasteiger charge is 2.30. The predicted molar refractivity (Wildman–Crippen MR) is 94.8 cm³/mol. The highest BCUT2D eigenvalue weighted by Crippen LogP contribution is 2.25. The number of carbonyl (C=O) groups excluding carboxylic acids is 1. The van der Waals surface area contributed by atoms with E-state index in [2.05, 4.69) is 0 Å². The molecule has 136 valence electrons. The van der Waals surface area contributed by atoms with E-state index in [1.807, 2.05) is 0 Å². The van der Waals surface area contributed by atoms with Crippen LogP contribution in [0.1, 0.15) is 36.5 Å². The van der Waals surface area contributed by atoms with Gasteiger partial charge in [-0.1, -0.05) is 0 Å². The first-order valence-electron chi connectivity index (χ1n) is 7.96. The monoisotopic (exact) mass is 376 g/mol. The molecular formula is C16H25ClN2O4S. The smallest absolute Gasteiger partial charge is 0.338 e. The molecule has 24 heavy (non-hydrogen) atoms. The molecule has 1 aliphatic rings. The highest BCUT2D eigenvalue weighted by molar-refractivity contribution is 7.89. The first-order valence-corrected chi connectivity index (χ1v) is 9.40. The van der Waals surface area contributed by atoms with Gasteiger partial charge in [-0.15, -0.1) is 12.4 Å². The average Bonchev–Trinajstić information content (AvgIpc) is 2.56. The third kappa shape index (κ3) is 4.92. The number of esters is 1. The van der Waals surface area contributed by atoms with Crippen molar-refractivity contribution in [3.05, 3.63) is 29.8 Å².